The molecule has 0 aromatic rings. The number of esters is 1. The summed E-state index contributed by atoms with van der Waals surface area (Å²) in [5.41, 5.74) is 1.27. The third kappa shape index (κ3) is 4.96. The average molecular weight is 513 g/mol. The van der Waals surface area contributed by atoms with E-state index in [0.29, 0.717) is 12.4 Å². The maximum atomic E-state index is 12.0. The SMILES string of the molecule is C=C(/C=C1/CCCCC(C(Br)C(=O)OCC)[C]1=[W])OC. The van der Waals surface area contributed by atoms with Gasteiger partial charge < -0.3 is 0 Å². The Kier molecular flexibility index (Phi) is 7.97. The van der Waals surface area contributed by atoms with E-state index in [-0.39, 0.29) is 16.7 Å². The maximum absolute atomic E-state index is 12.0. The van der Waals surface area contributed by atoms with E-state index in [0.717, 1.165) is 25.7 Å². The van der Waals surface area contributed by atoms with E-state index in [1.165, 1.54) is 28.8 Å². The molecule has 1 aliphatic carbocycles. The van der Waals surface area contributed by atoms with Crippen LogP contribution in [0.15, 0.2) is 24.0 Å². The number of carbonyl (C=O) groups is 1. The van der Waals surface area contributed by atoms with Crippen molar-refractivity contribution >= 4 is 25.8 Å². The zero-order valence-electron chi connectivity index (χ0n) is 12.0. The fourth-order valence-corrected chi connectivity index (χ4v) is 5.08. The number of carbonyl (C=O) groups excluding carboxylic acids is 1. The van der Waals surface area contributed by atoms with Crippen molar-refractivity contribution in [2.75, 3.05) is 13.7 Å². The Morgan fingerprint density at radius 1 is 1.60 bits per heavy atom. The fraction of sp³-hybridized carbons (Fsp3) is 0.600. The van der Waals surface area contributed by atoms with Crippen LogP contribution >= 0.6 is 15.9 Å². The summed E-state index contributed by atoms with van der Waals surface area (Å²) < 4.78 is 11.6. The van der Waals surface area contributed by atoms with Crippen molar-refractivity contribution < 1.29 is 33.6 Å². The summed E-state index contributed by atoms with van der Waals surface area (Å²) in [4.78, 5) is 11.7. The average Bonchev–Trinajstić information content (AvgIpc) is 2.61. The van der Waals surface area contributed by atoms with E-state index in [9.17, 15) is 4.79 Å². The van der Waals surface area contributed by atoms with Crippen LogP contribution in [0.5, 0.6) is 0 Å². The monoisotopic (exact) mass is 512 g/mol. The molecule has 2 atom stereocenters. The number of hydrogen-bond donors (Lipinski definition) is 0. The molecule has 0 amide bonds. The van der Waals surface area contributed by atoms with E-state index < -0.39 is 0 Å². The molecule has 5 heteroatoms. The molecule has 112 valence electrons. The molecule has 1 aliphatic rings. The first-order chi connectivity index (χ1) is 9.51. The zero-order valence-corrected chi connectivity index (χ0v) is 16.5. The van der Waals surface area contributed by atoms with Crippen LogP contribution in [0.1, 0.15) is 32.6 Å². The molecule has 0 aliphatic heterocycles. The van der Waals surface area contributed by atoms with Crippen LogP contribution in [-0.2, 0) is 33.6 Å². The van der Waals surface area contributed by atoms with E-state index in [1.54, 1.807) is 7.11 Å². The summed E-state index contributed by atoms with van der Waals surface area (Å²) in [5.74, 6) is 0.715. The summed E-state index contributed by atoms with van der Waals surface area (Å²) in [6.45, 7) is 6.11. The first kappa shape index (κ1) is 17.8. The Bertz CT molecular complexity index is 417. The van der Waals surface area contributed by atoms with E-state index in [1.807, 2.05) is 13.0 Å². The molecule has 0 radical (unpaired) electrons. The summed E-state index contributed by atoms with van der Waals surface area (Å²) >= 11 is 4.93. The van der Waals surface area contributed by atoms with Crippen LogP contribution in [0.25, 0.3) is 0 Å². The van der Waals surface area contributed by atoms with Crippen molar-refractivity contribution in [3.63, 3.8) is 0 Å². The van der Waals surface area contributed by atoms with Gasteiger partial charge in [-0.15, -0.1) is 0 Å². The van der Waals surface area contributed by atoms with Crippen molar-refractivity contribution in [2.24, 2.45) is 5.92 Å². The number of methoxy groups -OCH3 is 1. The third-order valence-electron chi connectivity index (χ3n) is 3.33. The third-order valence-corrected chi connectivity index (χ3v) is 6.37. The minimum atomic E-state index is -0.257. The molecular weight excluding hydrogens is 492 g/mol. The summed E-state index contributed by atoms with van der Waals surface area (Å²) in [6.07, 6.45) is 6.31. The number of alkyl halides is 1. The second kappa shape index (κ2) is 8.94. The molecule has 0 spiro atoms. The quantitative estimate of drug-likeness (QED) is 0.245. The van der Waals surface area contributed by atoms with Crippen molar-refractivity contribution in [3.8, 4) is 0 Å². The van der Waals surface area contributed by atoms with Crippen LogP contribution in [0.3, 0.4) is 0 Å². The molecule has 0 bridgehead atoms. The molecule has 20 heavy (non-hydrogen) atoms. The minimum absolute atomic E-state index is 0.164. The Balaban J connectivity index is 2.90. The van der Waals surface area contributed by atoms with Crippen molar-refractivity contribution in [3.05, 3.63) is 24.0 Å². The van der Waals surface area contributed by atoms with E-state index in [4.69, 9.17) is 9.47 Å². The van der Waals surface area contributed by atoms with Gasteiger partial charge in [-0.25, -0.2) is 0 Å². The summed E-state index contributed by atoms with van der Waals surface area (Å²) in [5, 5.41) is 0. The van der Waals surface area contributed by atoms with Gasteiger partial charge in [-0.3, -0.25) is 0 Å². The van der Waals surface area contributed by atoms with Gasteiger partial charge in [0.05, 0.1) is 0 Å². The van der Waals surface area contributed by atoms with Crippen LogP contribution in [-0.4, -0.2) is 28.4 Å². The second-order valence-electron chi connectivity index (χ2n) is 4.71. The van der Waals surface area contributed by atoms with Gasteiger partial charge in [0.15, 0.2) is 0 Å². The normalized spacial score (nSPS) is 23.1. The van der Waals surface area contributed by atoms with Gasteiger partial charge >= 0.3 is 140 Å². The molecule has 2 unspecified atom stereocenters. The second-order valence-corrected chi connectivity index (χ2v) is 7.28. The van der Waals surface area contributed by atoms with Crippen LogP contribution < -0.4 is 0 Å². The molecule has 0 saturated heterocycles. The van der Waals surface area contributed by atoms with Gasteiger partial charge in [-0.2, -0.15) is 0 Å². The van der Waals surface area contributed by atoms with Crippen molar-refractivity contribution in [1.29, 1.82) is 0 Å². The Labute approximate surface area is 140 Å². The molecule has 0 N–H and O–H groups in total. The first-order valence-corrected chi connectivity index (χ1v) is 9.17. The molecule has 1 rings (SSSR count). The predicted molar refractivity (Wildman–Crippen MR) is 80.5 cm³/mol. The molecule has 1 fully saturated rings. The van der Waals surface area contributed by atoms with Gasteiger partial charge in [-0.1, -0.05) is 0 Å². The van der Waals surface area contributed by atoms with Crippen LogP contribution in [0.4, 0.5) is 0 Å². The van der Waals surface area contributed by atoms with Gasteiger partial charge in [0.25, 0.3) is 0 Å². The molecule has 3 nitrogen and oxygen atoms in total. The number of ether oxygens (including phenoxy) is 2. The van der Waals surface area contributed by atoms with Crippen LogP contribution in [0, 0.1) is 5.92 Å². The van der Waals surface area contributed by atoms with Gasteiger partial charge in [-0.05, 0) is 0 Å². The van der Waals surface area contributed by atoms with E-state index >= 15 is 0 Å². The number of hydrogen-bond acceptors (Lipinski definition) is 3. The van der Waals surface area contributed by atoms with Gasteiger partial charge in [0.2, 0.25) is 0 Å². The Morgan fingerprint density at radius 3 is 2.90 bits per heavy atom. The van der Waals surface area contributed by atoms with Crippen molar-refractivity contribution in [1.82, 2.24) is 0 Å². The topological polar surface area (TPSA) is 35.5 Å². The summed E-state index contributed by atoms with van der Waals surface area (Å²) in [7, 11) is 1.63. The number of allylic oxidation sites excluding steroid dienone is 2. The Morgan fingerprint density at radius 2 is 2.30 bits per heavy atom. The molecule has 1 saturated carbocycles. The molecule has 0 heterocycles. The van der Waals surface area contributed by atoms with Crippen LogP contribution in [0.2, 0.25) is 0 Å². The zero-order chi connectivity index (χ0) is 15.1. The van der Waals surface area contributed by atoms with Gasteiger partial charge in [0, 0.05) is 0 Å². The summed E-state index contributed by atoms with van der Waals surface area (Å²) in [6, 6.07) is 0. The molecule has 0 aromatic carbocycles. The predicted octanol–water partition coefficient (Wildman–Crippen LogP) is 3.31. The molecular formula is C15H21BrO3W. The molecule has 0 aromatic heterocycles. The number of rotatable bonds is 5. The fourth-order valence-electron chi connectivity index (χ4n) is 2.23. The first-order valence-electron chi connectivity index (χ1n) is 6.79. The van der Waals surface area contributed by atoms with Gasteiger partial charge in [0.1, 0.15) is 0 Å². The van der Waals surface area contributed by atoms with E-state index in [2.05, 4.69) is 22.5 Å². The van der Waals surface area contributed by atoms with Crippen molar-refractivity contribution in [2.45, 2.75) is 37.4 Å². The standard InChI is InChI=1S/C15H21BrO3.W/c1-4-19-15(17)14(16)13-8-6-5-7-12(10-13)9-11(2)18-3;/h9,13-14H,2,4-8H2,1,3H3;/b12-9-;. The number of halogens is 1. The Hall–Kier alpha value is -0.212.